The summed E-state index contributed by atoms with van der Waals surface area (Å²) in [5.74, 6) is -0.896. The minimum atomic E-state index is -2.77. The van der Waals surface area contributed by atoms with E-state index < -0.39 is 23.7 Å². The summed E-state index contributed by atoms with van der Waals surface area (Å²) >= 11 is 0. The van der Waals surface area contributed by atoms with Gasteiger partial charge in [0.15, 0.2) is 5.65 Å². The molecule has 0 saturated heterocycles. The fraction of sp³-hybridized carbons (Fsp3) is 0.500. The molecule has 2 aromatic heterocycles. The SMILES string of the molecule is CCC(C)(CCO)NC(=O)c1ccc2nnc(C(F)F)n2c1. The lowest BCUT2D eigenvalue weighted by Gasteiger charge is -2.29. The van der Waals surface area contributed by atoms with Crippen molar-refractivity contribution in [2.45, 2.75) is 38.7 Å². The van der Waals surface area contributed by atoms with Crippen LogP contribution in [0.5, 0.6) is 0 Å². The number of aliphatic hydroxyl groups excluding tert-OH is 1. The van der Waals surface area contributed by atoms with E-state index in [0.29, 0.717) is 12.8 Å². The summed E-state index contributed by atoms with van der Waals surface area (Å²) < 4.78 is 26.8. The van der Waals surface area contributed by atoms with E-state index in [-0.39, 0.29) is 17.8 Å². The van der Waals surface area contributed by atoms with Crippen molar-refractivity contribution in [3.8, 4) is 0 Å². The quantitative estimate of drug-likeness (QED) is 0.854. The van der Waals surface area contributed by atoms with Crippen molar-refractivity contribution in [1.82, 2.24) is 19.9 Å². The molecule has 8 heteroatoms. The minimum absolute atomic E-state index is 0.0510. The maximum Gasteiger partial charge on any atom is 0.297 e. The predicted octanol–water partition coefficient (Wildman–Crippen LogP) is 1.95. The third-order valence-electron chi connectivity index (χ3n) is 3.75. The van der Waals surface area contributed by atoms with Crippen LogP contribution in [0.3, 0.4) is 0 Å². The molecule has 2 N–H and O–H groups in total. The largest absolute Gasteiger partial charge is 0.396 e. The summed E-state index contributed by atoms with van der Waals surface area (Å²) in [4.78, 5) is 12.3. The molecule has 2 heterocycles. The third-order valence-corrected chi connectivity index (χ3v) is 3.75. The summed E-state index contributed by atoms with van der Waals surface area (Å²) in [6.45, 7) is 3.67. The van der Waals surface area contributed by atoms with Crippen LogP contribution in [-0.2, 0) is 0 Å². The van der Waals surface area contributed by atoms with E-state index >= 15 is 0 Å². The molecule has 120 valence electrons. The van der Waals surface area contributed by atoms with E-state index in [1.165, 1.54) is 18.3 Å². The monoisotopic (exact) mass is 312 g/mol. The Morgan fingerprint density at radius 1 is 1.45 bits per heavy atom. The van der Waals surface area contributed by atoms with E-state index in [0.717, 1.165) is 4.40 Å². The lowest BCUT2D eigenvalue weighted by Crippen LogP contribution is -2.46. The van der Waals surface area contributed by atoms with Crippen LogP contribution in [0, 0.1) is 0 Å². The average molecular weight is 312 g/mol. The molecular formula is C14H18F2N4O2. The Morgan fingerprint density at radius 2 is 2.18 bits per heavy atom. The molecule has 0 saturated carbocycles. The lowest BCUT2D eigenvalue weighted by atomic mass is 9.94. The molecule has 0 aliphatic carbocycles. The maximum absolute atomic E-state index is 12.8. The van der Waals surface area contributed by atoms with Crippen molar-refractivity contribution in [1.29, 1.82) is 0 Å². The molecule has 2 aromatic rings. The van der Waals surface area contributed by atoms with Crippen molar-refractivity contribution in [2.75, 3.05) is 6.61 Å². The summed E-state index contributed by atoms with van der Waals surface area (Å²) in [6, 6.07) is 2.97. The molecule has 0 fully saturated rings. The Hall–Kier alpha value is -2.09. The summed E-state index contributed by atoms with van der Waals surface area (Å²) in [6.07, 6.45) is -0.437. The van der Waals surface area contributed by atoms with E-state index in [2.05, 4.69) is 15.5 Å². The van der Waals surface area contributed by atoms with Gasteiger partial charge in [-0.3, -0.25) is 9.20 Å². The first-order valence-corrected chi connectivity index (χ1v) is 6.96. The van der Waals surface area contributed by atoms with Gasteiger partial charge in [0.2, 0.25) is 5.82 Å². The fourth-order valence-corrected chi connectivity index (χ4v) is 2.11. The molecular weight excluding hydrogens is 294 g/mol. The lowest BCUT2D eigenvalue weighted by molar-refractivity contribution is 0.0885. The molecule has 0 radical (unpaired) electrons. The molecule has 0 aliphatic heterocycles. The number of aromatic nitrogens is 3. The van der Waals surface area contributed by atoms with Gasteiger partial charge in [0, 0.05) is 18.3 Å². The van der Waals surface area contributed by atoms with E-state index in [1.807, 2.05) is 13.8 Å². The second-order valence-corrected chi connectivity index (χ2v) is 5.35. The van der Waals surface area contributed by atoms with Gasteiger partial charge in [0.05, 0.1) is 5.56 Å². The predicted molar refractivity (Wildman–Crippen MR) is 75.8 cm³/mol. The topological polar surface area (TPSA) is 79.5 Å². The fourth-order valence-electron chi connectivity index (χ4n) is 2.11. The van der Waals surface area contributed by atoms with Crippen molar-refractivity contribution in [2.24, 2.45) is 0 Å². The van der Waals surface area contributed by atoms with Crippen LogP contribution < -0.4 is 5.32 Å². The van der Waals surface area contributed by atoms with Crippen LogP contribution in [0.25, 0.3) is 5.65 Å². The van der Waals surface area contributed by atoms with Crippen LogP contribution in [0.4, 0.5) is 8.78 Å². The van der Waals surface area contributed by atoms with Gasteiger partial charge in [-0.25, -0.2) is 8.78 Å². The zero-order chi connectivity index (χ0) is 16.3. The van der Waals surface area contributed by atoms with Gasteiger partial charge in [-0.1, -0.05) is 6.92 Å². The molecule has 0 spiro atoms. The van der Waals surface area contributed by atoms with Crippen molar-refractivity contribution in [3.05, 3.63) is 29.7 Å². The minimum Gasteiger partial charge on any atom is -0.396 e. The number of halogens is 2. The van der Waals surface area contributed by atoms with Gasteiger partial charge in [0.1, 0.15) is 0 Å². The Balaban J connectivity index is 2.30. The van der Waals surface area contributed by atoms with Gasteiger partial charge < -0.3 is 10.4 Å². The number of amides is 1. The number of alkyl halides is 2. The second kappa shape index (κ2) is 6.35. The van der Waals surface area contributed by atoms with Crippen LogP contribution in [0.15, 0.2) is 18.3 Å². The zero-order valence-electron chi connectivity index (χ0n) is 12.4. The standard InChI is InChI=1S/C14H18F2N4O2/c1-3-14(2,6-7-21)17-13(22)9-4-5-10-18-19-12(11(15)16)20(10)8-9/h4-5,8,11,21H,3,6-7H2,1-2H3,(H,17,22). The molecule has 1 amide bonds. The number of pyridine rings is 1. The number of carbonyl (C=O) groups excluding carboxylic acids is 1. The average Bonchev–Trinajstić information content (AvgIpc) is 2.90. The van der Waals surface area contributed by atoms with Crippen molar-refractivity contribution in [3.63, 3.8) is 0 Å². The number of hydrogen-bond donors (Lipinski definition) is 2. The molecule has 6 nitrogen and oxygen atoms in total. The number of hydrogen-bond acceptors (Lipinski definition) is 4. The van der Waals surface area contributed by atoms with Gasteiger partial charge in [-0.05, 0) is 31.9 Å². The highest BCUT2D eigenvalue weighted by Gasteiger charge is 2.25. The van der Waals surface area contributed by atoms with Gasteiger partial charge in [0.25, 0.3) is 12.3 Å². The Bertz CT molecular complexity index is 674. The Labute approximate surface area is 126 Å². The Morgan fingerprint density at radius 3 is 2.77 bits per heavy atom. The van der Waals surface area contributed by atoms with E-state index in [9.17, 15) is 13.6 Å². The van der Waals surface area contributed by atoms with Crippen LogP contribution in [-0.4, -0.2) is 37.8 Å². The molecule has 1 unspecified atom stereocenters. The number of carbonyl (C=O) groups is 1. The number of aliphatic hydroxyl groups is 1. The van der Waals surface area contributed by atoms with Gasteiger partial charge >= 0.3 is 0 Å². The smallest absolute Gasteiger partial charge is 0.297 e. The second-order valence-electron chi connectivity index (χ2n) is 5.35. The van der Waals surface area contributed by atoms with Crippen LogP contribution in [0.2, 0.25) is 0 Å². The van der Waals surface area contributed by atoms with Crippen molar-refractivity contribution < 1.29 is 18.7 Å². The number of rotatable bonds is 6. The highest BCUT2D eigenvalue weighted by Crippen LogP contribution is 2.19. The summed E-state index contributed by atoms with van der Waals surface area (Å²) in [7, 11) is 0. The number of nitrogens with zero attached hydrogens (tertiary/aromatic N) is 3. The number of fused-ring (bicyclic) bond motifs is 1. The summed E-state index contributed by atoms with van der Waals surface area (Å²) in [5.41, 5.74) is -0.0771. The number of nitrogens with one attached hydrogen (secondary N) is 1. The van der Waals surface area contributed by atoms with Crippen LogP contribution in [0.1, 0.15) is 49.3 Å². The normalized spacial score (nSPS) is 14.3. The van der Waals surface area contributed by atoms with Gasteiger partial charge in [-0.15, -0.1) is 10.2 Å². The van der Waals surface area contributed by atoms with E-state index in [4.69, 9.17) is 5.11 Å². The zero-order valence-corrected chi connectivity index (χ0v) is 12.4. The third kappa shape index (κ3) is 3.22. The first kappa shape index (κ1) is 16.3. The first-order valence-electron chi connectivity index (χ1n) is 6.96. The maximum atomic E-state index is 12.8. The molecule has 1 atom stereocenters. The van der Waals surface area contributed by atoms with E-state index in [1.54, 1.807) is 0 Å². The summed E-state index contributed by atoms with van der Waals surface area (Å²) in [5, 5.41) is 18.9. The molecule has 0 bridgehead atoms. The van der Waals surface area contributed by atoms with Gasteiger partial charge in [-0.2, -0.15) is 0 Å². The Kier molecular flexibility index (Phi) is 4.70. The molecule has 0 aromatic carbocycles. The molecule has 2 rings (SSSR count). The first-order chi connectivity index (χ1) is 10.4. The van der Waals surface area contributed by atoms with Crippen molar-refractivity contribution >= 4 is 11.6 Å². The molecule has 22 heavy (non-hydrogen) atoms. The highest BCUT2D eigenvalue weighted by molar-refractivity contribution is 5.94. The molecule has 0 aliphatic rings. The highest BCUT2D eigenvalue weighted by atomic mass is 19.3. The van der Waals surface area contributed by atoms with Crippen LogP contribution >= 0.6 is 0 Å².